The Morgan fingerprint density at radius 3 is 2.56 bits per heavy atom. The van der Waals surface area contributed by atoms with Crippen molar-refractivity contribution in [2.24, 2.45) is 0 Å². The summed E-state index contributed by atoms with van der Waals surface area (Å²) in [6.45, 7) is 0.680. The highest BCUT2D eigenvalue weighted by Gasteiger charge is 2.39. The molecule has 0 aliphatic carbocycles. The molecule has 2 bridgehead atoms. The average molecular weight is 671 g/mol. The fourth-order valence-corrected chi connectivity index (χ4v) is 6.90. The first-order valence-electron chi connectivity index (χ1n) is 16.8. The third kappa shape index (κ3) is 7.36. The van der Waals surface area contributed by atoms with E-state index in [1.165, 1.54) is 0 Å². The number of fused-ring (bicyclic) bond motifs is 6. The van der Waals surface area contributed by atoms with E-state index in [1.54, 1.807) is 34.3 Å². The largest absolute Gasteiger partial charge is 0.491 e. The Bertz CT molecular complexity index is 2020. The highest BCUT2D eigenvalue weighted by atomic mass is 16.5. The Morgan fingerprint density at radius 1 is 0.900 bits per heavy atom. The van der Waals surface area contributed by atoms with Crippen LogP contribution in [0.3, 0.4) is 0 Å². The van der Waals surface area contributed by atoms with Gasteiger partial charge in [-0.1, -0.05) is 72.8 Å². The van der Waals surface area contributed by atoms with E-state index in [4.69, 9.17) is 4.74 Å². The number of aromatic nitrogens is 2. The van der Waals surface area contributed by atoms with Crippen molar-refractivity contribution in [3.8, 4) is 16.9 Å². The molecule has 2 aliphatic heterocycles. The van der Waals surface area contributed by atoms with Crippen LogP contribution < -0.4 is 20.7 Å². The molecule has 2 aliphatic rings. The molecule has 1 fully saturated rings. The highest BCUT2D eigenvalue weighted by molar-refractivity contribution is 6.01. The Hall–Kier alpha value is -5.97. The summed E-state index contributed by atoms with van der Waals surface area (Å²) in [5.74, 6) is -0.488. The molecular weight excluding hydrogens is 632 g/mol. The lowest BCUT2D eigenvalue weighted by Crippen LogP contribution is -2.52. The molecule has 0 unspecified atom stereocenters. The quantitative estimate of drug-likeness (QED) is 0.252. The molecule has 11 heteroatoms. The van der Waals surface area contributed by atoms with Crippen LogP contribution in [0.2, 0.25) is 0 Å². The Balaban J connectivity index is 1.16. The van der Waals surface area contributed by atoms with E-state index in [1.807, 2.05) is 84.9 Å². The smallest absolute Gasteiger partial charge is 0.251 e. The van der Waals surface area contributed by atoms with Crippen LogP contribution in [0.25, 0.3) is 21.9 Å². The van der Waals surface area contributed by atoms with Gasteiger partial charge in [0.05, 0.1) is 18.8 Å². The first-order chi connectivity index (χ1) is 24.4. The van der Waals surface area contributed by atoms with Crippen LogP contribution in [-0.2, 0) is 27.3 Å². The van der Waals surface area contributed by atoms with Gasteiger partial charge in [-0.05, 0) is 58.5 Å². The predicted molar refractivity (Wildman–Crippen MR) is 188 cm³/mol. The lowest BCUT2D eigenvalue weighted by atomic mass is 9.99. The fourth-order valence-electron chi connectivity index (χ4n) is 6.90. The predicted octanol–water partition coefficient (Wildman–Crippen LogP) is 3.73. The Kier molecular flexibility index (Phi) is 9.54. The maximum Gasteiger partial charge on any atom is 0.251 e. The molecule has 254 valence electrons. The minimum absolute atomic E-state index is 0.0833. The number of imidazole rings is 1. The molecule has 3 heterocycles. The number of hydrogen-bond acceptors (Lipinski definition) is 6. The van der Waals surface area contributed by atoms with Crippen LogP contribution in [0.1, 0.15) is 28.8 Å². The number of hydrogen-bond donors (Lipinski definition) is 3. The van der Waals surface area contributed by atoms with E-state index in [0.29, 0.717) is 17.7 Å². The summed E-state index contributed by atoms with van der Waals surface area (Å²) < 4.78 is 7.97. The Morgan fingerprint density at radius 2 is 1.70 bits per heavy atom. The minimum atomic E-state index is -0.929. The van der Waals surface area contributed by atoms with Crippen LogP contribution in [-0.4, -0.2) is 75.9 Å². The van der Waals surface area contributed by atoms with Crippen molar-refractivity contribution in [2.45, 2.75) is 43.9 Å². The zero-order valence-corrected chi connectivity index (χ0v) is 27.5. The maximum atomic E-state index is 14.4. The van der Waals surface area contributed by atoms with Gasteiger partial charge in [-0.25, -0.2) is 4.98 Å². The van der Waals surface area contributed by atoms with Crippen molar-refractivity contribution in [1.29, 1.82) is 0 Å². The third-order valence-electron chi connectivity index (χ3n) is 9.29. The van der Waals surface area contributed by atoms with Gasteiger partial charge in [0.2, 0.25) is 17.7 Å². The number of ether oxygens (including phenoxy) is 1. The van der Waals surface area contributed by atoms with Crippen LogP contribution in [0.4, 0.5) is 0 Å². The van der Waals surface area contributed by atoms with Crippen molar-refractivity contribution in [1.82, 2.24) is 30.4 Å². The number of carbonyl (C=O) groups is 4. The van der Waals surface area contributed by atoms with E-state index in [9.17, 15) is 19.2 Å². The van der Waals surface area contributed by atoms with Crippen LogP contribution in [0.5, 0.6) is 5.75 Å². The summed E-state index contributed by atoms with van der Waals surface area (Å²) in [7, 11) is 0. The molecule has 4 amide bonds. The molecule has 7 rings (SSSR count). The number of nitrogens with one attached hydrogen (secondary N) is 3. The normalized spacial score (nSPS) is 19.3. The molecule has 0 radical (unpaired) electrons. The van der Waals surface area contributed by atoms with Gasteiger partial charge in [-0.3, -0.25) is 19.2 Å². The van der Waals surface area contributed by atoms with E-state index in [0.717, 1.165) is 27.5 Å². The lowest BCUT2D eigenvalue weighted by molar-refractivity contribution is -0.137. The van der Waals surface area contributed by atoms with Crippen molar-refractivity contribution in [3.05, 3.63) is 121 Å². The minimum Gasteiger partial charge on any atom is -0.491 e. The van der Waals surface area contributed by atoms with Gasteiger partial charge in [0.15, 0.2) is 0 Å². The van der Waals surface area contributed by atoms with Gasteiger partial charge in [0.25, 0.3) is 5.91 Å². The topological polar surface area (TPSA) is 135 Å². The lowest BCUT2D eigenvalue weighted by Gasteiger charge is -2.29. The standard InChI is InChI=1S/C39H38N6O5/c46-36(20-28-9-5-8-26-7-1-2-12-32(26)28)43-35-15-16-41-38(48)34-14-4-3-13-33(34)27-10-6-11-31(19-27)50-24-30-21-29(22-45(30)39(35)49)42-37(47)23-44-18-17-40-25-44/h1-14,17-19,25,29-30,35H,15-16,20-24H2,(H,41,48)(H,42,47)(H,43,46)/t29-,30-,35+/m0/s1. The second-order valence-electron chi connectivity index (χ2n) is 12.7. The molecule has 50 heavy (non-hydrogen) atoms. The zero-order chi connectivity index (χ0) is 34.5. The van der Waals surface area contributed by atoms with Crippen molar-refractivity contribution < 1.29 is 23.9 Å². The van der Waals surface area contributed by atoms with Crippen molar-refractivity contribution >= 4 is 34.4 Å². The second-order valence-corrected chi connectivity index (χ2v) is 12.7. The van der Waals surface area contributed by atoms with Crippen LogP contribution >= 0.6 is 0 Å². The summed E-state index contributed by atoms with van der Waals surface area (Å²) in [5, 5.41) is 11.0. The molecule has 1 saturated heterocycles. The zero-order valence-electron chi connectivity index (χ0n) is 27.5. The molecule has 5 aromatic rings. The summed E-state index contributed by atoms with van der Waals surface area (Å²) in [5.41, 5.74) is 2.93. The van der Waals surface area contributed by atoms with E-state index < -0.39 is 6.04 Å². The third-order valence-corrected chi connectivity index (χ3v) is 9.29. The molecule has 0 saturated carbocycles. The molecular formula is C39H38N6O5. The van der Waals surface area contributed by atoms with Gasteiger partial charge < -0.3 is 30.2 Å². The first kappa shape index (κ1) is 32.6. The summed E-state index contributed by atoms with van der Waals surface area (Å²) in [6, 6.07) is 26.9. The molecule has 11 nitrogen and oxygen atoms in total. The van der Waals surface area contributed by atoms with Crippen molar-refractivity contribution in [2.75, 3.05) is 19.7 Å². The summed E-state index contributed by atoms with van der Waals surface area (Å²) >= 11 is 0. The Labute approximate surface area is 289 Å². The van der Waals surface area contributed by atoms with Crippen LogP contribution in [0.15, 0.2) is 110 Å². The van der Waals surface area contributed by atoms with Gasteiger partial charge in [0, 0.05) is 37.1 Å². The number of benzene rings is 4. The number of nitrogens with zero attached hydrogens (tertiary/aromatic N) is 3. The van der Waals surface area contributed by atoms with Gasteiger partial charge >= 0.3 is 0 Å². The number of amides is 4. The maximum absolute atomic E-state index is 14.4. The molecule has 0 spiro atoms. The van der Waals surface area contributed by atoms with E-state index in [2.05, 4.69) is 20.9 Å². The number of rotatable bonds is 6. The molecule has 1 aromatic heterocycles. The van der Waals surface area contributed by atoms with Gasteiger partial charge in [-0.2, -0.15) is 0 Å². The first-order valence-corrected chi connectivity index (χ1v) is 16.8. The second kappa shape index (κ2) is 14.7. The molecule has 3 atom stereocenters. The average Bonchev–Trinajstić information content (AvgIpc) is 3.79. The highest BCUT2D eigenvalue weighted by Crippen LogP contribution is 2.29. The SMILES string of the molecule is O=C(Cn1ccnc1)N[C@H]1C[C@H]2COc3cccc(c3)-c3ccccc3C(=O)NCC[C@@H](NC(=O)Cc3cccc4ccccc34)C(=O)N2C1. The molecule has 4 aromatic carbocycles. The summed E-state index contributed by atoms with van der Waals surface area (Å²) in [4.78, 5) is 60.2. The summed E-state index contributed by atoms with van der Waals surface area (Å²) in [6.07, 6.45) is 5.62. The molecule has 3 N–H and O–H groups in total. The van der Waals surface area contributed by atoms with E-state index in [-0.39, 0.29) is 74.8 Å². The number of carbonyl (C=O) groups excluding carboxylic acids is 4. The van der Waals surface area contributed by atoms with E-state index >= 15 is 0 Å². The van der Waals surface area contributed by atoms with Gasteiger partial charge in [0.1, 0.15) is 24.9 Å². The van der Waals surface area contributed by atoms with Gasteiger partial charge in [-0.15, -0.1) is 0 Å². The van der Waals surface area contributed by atoms with Crippen LogP contribution in [0, 0.1) is 0 Å². The fraction of sp³-hybridized carbons (Fsp3) is 0.256. The monoisotopic (exact) mass is 670 g/mol. The van der Waals surface area contributed by atoms with Crippen molar-refractivity contribution in [3.63, 3.8) is 0 Å².